The van der Waals surface area contributed by atoms with E-state index in [9.17, 15) is 4.79 Å². The van der Waals surface area contributed by atoms with Crippen LogP contribution in [0.5, 0.6) is 0 Å². The van der Waals surface area contributed by atoms with E-state index in [1.807, 2.05) is 35.2 Å². The van der Waals surface area contributed by atoms with Crippen molar-refractivity contribution >= 4 is 27.5 Å². The van der Waals surface area contributed by atoms with E-state index in [0.29, 0.717) is 13.1 Å². The standard InChI is InChI=1S/C15H14BrN3O/c16-13-5-11(6-17-8-13)10-19-14-4-2-1-3-12(14)7-18-9-15(19)20/h1-6,8,18H,7,9-10H2. The number of carbonyl (C=O) groups excluding carboxylic acids is 1. The molecule has 102 valence electrons. The molecule has 1 aromatic heterocycles. The van der Waals surface area contributed by atoms with Crippen LogP contribution in [0.1, 0.15) is 11.1 Å². The fraction of sp³-hybridized carbons (Fsp3) is 0.200. The molecule has 0 unspecified atom stereocenters. The molecule has 2 heterocycles. The van der Waals surface area contributed by atoms with E-state index in [1.165, 1.54) is 0 Å². The van der Waals surface area contributed by atoms with Gasteiger partial charge in [-0.3, -0.25) is 9.78 Å². The summed E-state index contributed by atoms with van der Waals surface area (Å²) in [4.78, 5) is 18.3. The van der Waals surface area contributed by atoms with Crippen LogP contribution in [0, 0.1) is 0 Å². The zero-order chi connectivity index (χ0) is 13.9. The van der Waals surface area contributed by atoms with Crippen molar-refractivity contribution in [3.05, 3.63) is 58.3 Å². The van der Waals surface area contributed by atoms with Crippen LogP contribution >= 0.6 is 15.9 Å². The summed E-state index contributed by atoms with van der Waals surface area (Å²) in [6, 6.07) is 9.98. The average Bonchev–Trinajstić information content (AvgIpc) is 2.59. The van der Waals surface area contributed by atoms with Crippen molar-refractivity contribution in [2.75, 3.05) is 11.4 Å². The lowest BCUT2D eigenvalue weighted by atomic mass is 10.1. The molecule has 1 aliphatic rings. The monoisotopic (exact) mass is 331 g/mol. The summed E-state index contributed by atoms with van der Waals surface area (Å²) in [5.74, 6) is 0.0786. The van der Waals surface area contributed by atoms with Crippen molar-refractivity contribution in [2.45, 2.75) is 13.1 Å². The van der Waals surface area contributed by atoms with Crippen LogP contribution < -0.4 is 10.2 Å². The van der Waals surface area contributed by atoms with Crippen LogP contribution in [-0.2, 0) is 17.9 Å². The van der Waals surface area contributed by atoms with Crippen molar-refractivity contribution in [1.29, 1.82) is 0 Å². The summed E-state index contributed by atoms with van der Waals surface area (Å²) in [6.07, 6.45) is 3.53. The van der Waals surface area contributed by atoms with Crippen LogP contribution in [0.3, 0.4) is 0 Å². The molecular formula is C15H14BrN3O. The van der Waals surface area contributed by atoms with Gasteiger partial charge in [0, 0.05) is 29.1 Å². The fourth-order valence-corrected chi connectivity index (χ4v) is 2.77. The first-order valence-electron chi connectivity index (χ1n) is 6.42. The zero-order valence-electron chi connectivity index (χ0n) is 10.8. The minimum absolute atomic E-state index is 0.0786. The van der Waals surface area contributed by atoms with Crippen molar-refractivity contribution in [3.63, 3.8) is 0 Å². The van der Waals surface area contributed by atoms with Gasteiger partial charge in [0.15, 0.2) is 0 Å². The maximum absolute atomic E-state index is 12.3. The number of aromatic nitrogens is 1. The van der Waals surface area contributed by atoms with Crippen LogP contribution in [-0.4, -0.2) is 17.4 Å². The van der Waals surface area contributed by atoms with E-state index < -0.39 is 0 Å². The Kier molecular flexibility index (Phi) is 3.80. The largest absolute Gasteiger partial charge is 0.307 e. The predicted molar refractivity (Wildman–Crippen MR) is 81.3 cm³/mol. The molecule has 1 aliphatic heterocycles. The third-order valence-corrected chi connectivity index (χ3v) is 3.71. The van der Waals surface area contributed by atoms with Gasteiger partial charge in [0.2, 0.25) is 5.91 Å². The van der Waals surface area contributed by atoms with Crippen molar-refractivity contribution in [1.82, 2.24) is 10.3 Å². The number of rotatable bonds is 2. The quantitative estimate of drug-likeness (QED) is 0.919. The normalized spacial score (nSPS) is 14.8. The van der Waals surface area contributed by atoms with E-state index in [4.69, 9.17) is 0 Å². The maximum Gasteiger partial charge on any atom is 0.241 e. The molecule has 0 saturated carbocycles. The second-order valence-electron chi connectivity index (χ2n) is 4.72. The molecule has 1 N–H and O–H groups in total. The second-order valence-corrected chi connectivity index (χ2v) is 5.64. The SMILES string of the molecule is O=C1CNCc2ccccc2N1Cc1cncc(Br)c1. The van der Waals surface area contributed by atoms with E-state index in [0.717, 1.165) is 27.8 Å². The van der Waals surface area contributed by atoms with Gasteiger partial charge >= 0.3 is 0 Å². The number of anilines is 1. The number of benzene rings is 1. The molecule has 3 rings (SSSR count). The van der Waals surface area contributed by atoms with E-state index in [-0.39, 0.29) is 5.91 Å². The van der Waals surface area contributed by atoms with Gasteiger partial charge in [0.1, 0.15) is 0 Å². The zero-order valence-corrected chi connectivity index (χ0v) is 12.4. The number of nitrogens with one attached hydrogen (secondary N) is 1. The van der Waals surface area contributed by atoms with E-state index in [1.54, 1.807) is 12.4 Å². The molecule has 20 heavy (non-hydrogen) atoms. The van der Waals surface area contributed by atoms with Crippen molar-refractivity contribution in [3.8, 4) is 0 Å². The number of amides is 1. The first-order valence-corrected chi connectivity index (χ1v) is 7.22. The molecule has 5 heteroatoms. The molecule has 0 radical (unpaired) electrons. The molecule has 0 bridgehead atoms. The highest BCUT2D eigenvalue weighted by molar-refractivity contribution is 9.10. The lowest BCUT2D eigenvalue weighted by Crippen LogP contribution is -2.35. The molecule has 0 saturated heterocycles. The Morgan fingerprint density at radius 3 is 2.95 bits per heavy atom. The molecule has 0 aliphatic carbocycles. The van der Waals surface area contributed by atoms with Gasteiger partial charge in [-0.05, 0) is 39.2 Å². The van der Waals surface area contributed by atoms with Gasteiger partial charge in [-0.2, -0.15) is 0 Å². The minimum atomic E-state index is 0.0786. The lowest BCUT2D eigenvalue weighted by Gasteiger charge is -2.22. The number of para-hydroxylation sites is 1. The Morgan fingerprint density at radius 2 is 2.10 bits per heavy atom. The molecule has 0 atom stereocenters. The first-order chi connectivity index (χ1) is 9.74. The Bertz CT molecular complexity index is 645. The average molecular weight is 332 g/mol. The van der Waals surface area contributed by atoms with Gasteiger partial charge < -0.3 is 10.2 Å². The highest BCUT2D eigenvalue weighted by Gasteiger charge is 2.21. The van der Waals surface area contributed by atoms with Gasteiger partial charge in [0.25, 0.3) is 0 Å². The van der Waals surface area contributed by atoms with Crippen LogP contribution in [0.4, 0.5) is 5.69 Å². The van der Waals surface area contributed by atoms with Gasteiger partial charge in [-0.15, -0.1) is 0 Å². The Balaban J connectivity index is 1.96. The summed E-state index contributed by atoms with van der Waals surface area (Å²) in [5.41, 5.74) is 3.12. The van der Waals surface area contributed by atoms with Crippen molar-refractivity contribution < 1.29 is 4.79 Å². The predicted octanol–water partition coefficient (Wildman–Crippen LogP) is 2.48. The Labute approximate surface area is 126 Å². The summed E-state index contributed by atoms with van der Waals surface area (Å²) >= 11 is 3.41. The molecular weight excluding hydrogens is 318 g/mol. The molecule has 0 spiro atoms. The van der Waals surface area contributed by atoms with Crippen LogP contribution in [0.15, 0.2) is 47.2 Å². The highest BCUT2D eigenvalue weighted by atomic mass is 79.9. The molecule has 4 nitrogen and oxygen atoms in total. The van der Waals surface area contributed by atoms with Crippen LogP contribution in [0.2, 0.25) is 0 Å². The third-order valence-electron chi connectivity index (χ3n) is 3.28. The van der Waals surface area contributed by atoms with Crippen LogP contribution in [0.25, 0.3) is 0 Å². The summed E-state index contributed by atoms with van der Waals surface area (Å²) in [5, 5.41) is 3.16. The number of pyridine rings is 1. The molecule has 1 amide bonds. The van der Waals surface area contributed by atoms with E-state index in [2.05, 4.69) is 26.2 Å². The summed E-state index contributed by atoms with van der Waals surface area (Å²) in [6.45, 7) is 1.61. The van der Waals surface area contributed by atoms with Gasteiger partial charge in [-0.1, -0.05) is 18.2 Å². The number of fused-ring (bicyclic) bond motifs is 1. The number of hydrogen-bond donors (Lipinski definition) is 1. The molecule has 0 fully saturated rings. The third kappa shape index (κ3) is 2.73. The minimum Gasteiger partial charge on any atom is -0.307 e. The Morgan fingerprint density at radius 1 is 1.25 bits per heavy atom. The fourth-order valence-electron chi connectivity index (χ4n) is 2.36. The highest BCUT2D eigenvalue weighted by Crippen LogP contribution is 2.24. The number of carbonyl (C=O) groups is 1. The van der Waals surface area contributed by atoms with E-state index >= 15 is 0 Å². The number of nitrogens with zero attached hydrogens (tertiary/aromatic N) is 2. The topological polar surface area (TPSA) is 45.2 Å². The number of hydrogen-bond acceptors (Lipinski definition) is 3. The second kappa shape index (κ2) is 5.73. The Hall–Kier alpha value is -1.72. The molecule has 2 aromatic rings. The summed E-state index contributed by atoms with van der Waals surface area (Å²) < 4.78 is 0.920. The first kappa shape index (κ1) is 13.3. The summed E-state index contributed by atoms with van der Waals surface area (Å²) in [7, 11) is 0. The van der Waals surface area contributed by atoms with Gasteiger partial charge in [-0.25, -0.2) is 0 Å². The number of halogens is 1. The molecule has 1 aromatic carbocycles. The van der Waals surface area contributed by atoms with Gasteiger partial charge in [0.05, 0.1) is 13.1 Å². The smallest absolute Gasteiger partial charge is 0.241 e. The van der Waals surface area contributed by atoms with Crippen molar-refractivity contribution in [2.24, 2.45) is 0 Å². The maximum atomic E-state index is 12.3. The lowest BCUT2D eigenvalue weighted by molar-refractivity contribution is -0.117.